The highest BCUT2D eigenvalue weighted by atomic mass is 16.6. The SMILES string of the molecule is COc1ccc([N+](=O)[O-])cc1-c1[nH]c(-c2ccccc2C)nc1-c1ccccc1. The lowest BCUT2D eigenvalue weighted by Gasteiger charge is -2.09. The maximum absolute atomic E-state index is 11.3. The Hall–Kier alpha value is -3.93. The van der Waals surface area contributed by atoms with Gasteiger partial charge >= 0.3 is 0 Å². The molecule has 4 rings (SSSR count). The van der Waals surface area contributed by atoms with Crippen LogP contribution in [0.15, 0.2) is 72.8 Å². The van der Waals surface area contributed by atoms with Crippen LogP contribution in [0.2, 0.25) is 0 Å². The number of rotatable bonds is 5. The summed E-state index contributed by atoms with van der Waals surface area (Å²) in [6.45, 7) is 2.02. The van der Waals surface area contributed by atoms with Gasteiger partial charge in [-0.15, -0.1) is 0 Å². The molecule has 0 saturated heterocycles. The van der Waals surface area contributed by atoms with E-state index >= 15 is 0 Å². The van der Waals surface area contributed by atoms with E-state index in [0.717, 1.165) is 16.7 Å². The van der Waals surface area contributed by atoms with E-state index in [1.54, 1.807) is 13.2 Å². The van der Waals surface area contributed by atoms with E-state index in [1.165, 1.54) is 12.1 Å². The number of aromatic amines is 1. The Morgan fingerprint density at radius 1 is 0.966 bits per heavy atom. The Kier molecular flexibility index (Phi) is 4.83. The van der Waals surface area contributed by atoms with E-state index in [4.69, 9.17) is 9.72 Å². The predicted octanol–water partition coefficient (Wildman–Crippen LogP) is 5.64. The normalized spacial score (nSPS) is 10.7. The Balaban J connectivity index is 1.99. The number of aromatic nitrogens is 2. The molecule has 0 aliphatic carbocycles. The molecule has 29 heavy (non-hydrogen) atoms. The Morgan fingerprint density at radius 3 is 2.38 bits per heavy atom. The Labute approximate surface area is 168 Å². The van der Waals surface area contributed by atoms with Crippen molar-refractivity contribution in [3.63, 3.8) is 0 Å². The number of H-pyrrole nitrogens is 1. The van der Waals surface area contributed by atoms with Crippen molar-refractivity contribution < 1.29 is 9.66 Å². The molecule has 0 saturated carbocycles. The summed E-state index contributed by atoms with van der Waals surface area (Å²) in [5, 5.41) is 11.3. The topological polar surface area (TPSA) is 81.0 Å². The molecule has 0 aliphatic heterocycles. The number of hydrogen-bond acceptors (Lipinski definition) is 4. The minimum absolute atomic E-state index is 0.00754. The lowest BCUT2D eigenvalue weighted by Crippen LogP contribution is -1.94. The molecule has 0 fully saturated rings. The van der Waals surface area contributed by atoms with E-state index in [-0.39, 0.29) is 5.69 Å². The van der Waals surface area contributed by atoms with Gasteiger partial charge in [-0.3, -0.25) is 10.1 Å². The fourth-order valence-electron chi connectivity index (χ4n) is 3.34. The molecule has 4 aromatic rings. The molecule has 0 unspecified atom stereocenters. The van der Waals surface area contributed by atoms with Crippen molar-refractivity contribution in [2.24, 2.45) is 0 Å². The van der Waals surface area contributed by atoms with Gasteiger partial charge in [0.1, 0.15) is 11.6 Å². The molecule has 144 valence electrons. The summed E-state index contributed by atoms with van der Waals surface area (Å²) >= 11 is 0. The van der Waals surface area contributed by atoms with E-state index < -0.39 is 4.92 Å². The third kappa shape index (κ3) is 3.48. The van der Waals surface area contributed by atoms with Crippen molar-refractivity contribution in [2.75, 3.05) is 7.11 Å². The van der Waals surface area contributed by atoms with Crippen LogP contribution < -0.4 is 4.74 Å². The summed E-state index contributed by atoms with van der Waals surface area (Å²) in [5.41, 5.74) is 4.93. The molecule has 6 nitrogen and oxygen atoms in total. The maximum Gasteiger partial charge on any atom is 0.270 e. The number of imidazole rings is 1. The van der Waals surface area contributed by atoms with Gasteiger partial charge < -0.3 is 9.72 Å². The standard InChI is InChI=1S/C23H19N3O3/c1-15-8-6-7-11-18(15)23-24-21(16-9-4-3-5-10-16)22(25-23)19-14-17(26(27)28)12-13-20(19)29-2/h3-14H,1-2H3,(H,24,25). The zero-order valence-corrected chi connectivity index (χ0v) is 16.0. The first-order chi connectivity index (χ1) is 14.1. The van der Waals surface area contributed by atoms with Crippen LogP contribution in [0.5, 0.6) is 5.75 Å². The first kappa shape index (κ1) is 18.4. The maximum atomic E-state index is 11.3. The quantitative estimate of drug-likeness (QED) is 0.356. The van der Waals surface area contributed by atoms with Crippen LogP contribution in [-0.2, 0) is 0 Å². The van der Waals surface area contributed by atoms with Gasteiger partial charge in [0.05, 0.1) is 23.4 Å². The van der Waals surface area contributed by atoms with Crippen molar-refractivity contribution in [3.05, 3.63) is 88.5 Å². The average molecular weight is 385 g/mol. The molecular formula is C23H19N3O3. The predicted molar refractivity (Wildman–Crippen MR) is 113 cm³/mol. The number of benzene rings is 3. The fraction of sp³-hybridized carbons (Fsp3) is 0.0870. The zero-order valence-electron chi connectivity index (χ0n) is 16.0. The van der Waals surface area contributed by atoms with Gasteiger partial charge in [0.15, 0.2) is 0 Å². The largest absolute Gasteiger partial charge is 0.496 e. The number of nitrogens with zero attached hydrogens (tertiary/aromatic N) is 2. The number of ether oxygens (including phenoxy) is 1. The van der Waals surface area contributed by atoms with Gasteiger partial charge in [-0.2, -0.15) is 0 Å². The molecule has 0 bridgehead atoms. The third-order valence-electron chi connectivity index (χ3n) is 4.81. The van der Waals surface area contributed by atoms with Gasteiger partial charge in [-0.05, 0) is 18.6 Å². The molecule has 0 atom stereocenters. The first-order valence-corrected chi connectivity index (χ1v) is 9.12. The smallest absolute Gasteiger partial charge is 0.270 e. The lowest BCUT2D eigenvalue weighted by molar-refractivity contribution is -0.384. The molecule has 0 spiro atoms. The lowest BCUT2D eigenvalue weighted by atomic mass is 10.0. The minimum Gasteiger partial charge on any atom is -0.496 e. The molecule has 3 aromatic carbocycles. The molecular weight excluding hydrogens is 366 g/mol. The highest BCUT2D eigenvalue weighted by molar-refractivity contribution is 5.85. The summed E-state index contributed by atoms with van der Waals surface area (Å²) in [6, 6.07) is 22.2. The van der Waals surface area contributed by atoms with E-state index in [2.05, 4.69) is 4.98 Å². The second-order valence-electron chi connectivity index (χ2n) is 6.63. The molecule has 0 aliphatic rings. The number of non-ortho nitro benzene ring substituents is 1. The van der Waals surface area contributed by atoms with E-state index in [0.29, 0.717) is 28.5 Å². The summed E-state index contributed by atoms with van der Waals surface area (Å²) < 4.78 is 5.49. The highest BCUT2D eigenvalue weighted by Gasteiger charge is 2.21. The van der Waals surface area contributed by atoms with Gasteiger partial charge in [-0.1, -0.05) is 54.6 Å². The van der Waals surface area contributed by atoms with Crippen LogP contribution in [0, 0.1) is 17.0 Å². The zero-order chi connectivity index (χ0) is 20.4. The highest BCUT2D eigenvalue weighted by Crippen LogP contribution is 2.39. The Bertz CT molecular complexity index is 1180. The van der Waals surface area contributed by atoms with Crippen molar-refractivity contribution in [3.8, 4) is 39.7 Å². The van der Waals surface area contributed by atoms with Crippen molar-refractivity contribution >= 4 is 5.69 Å². The van der Waals surface area contributed by atoms with Crippen LogP contribution in [-0.4, -0.2) is 22.0 Å². The summed E-state index contributed by atoms with van der Waals surface area (Å²) in [6.07, 6.45) is 0. The number of aryl methyl sites for hydroxylation is 1. The summed E-state index contributed by atoms with van der Waals surface area (Å²) in [7, 11) is 1.55. The van der Waals surface area contributed by atoms with Crippen LogP contribution in [0.4, 0.5) is 5.69 Å². The number of methoxy groups -OCH3 is 1. The molecule has 1 heterocycles. The van der Waals surface area contributed by atoms with Gasteiger partial charge in [0, 0.05) is 28.8 Å². The molecule has 1 N–H and O–H groups in total. The van der Waals surface area contributed by atoms with Crippen molar-refractivity contribution in [1.29, 1.82) is 0 Å². The molecule has 0 amide bonds. The van der Waals surface area contributed by atoms with Crippen molar-refractivity contribution in [1.82, 2.24) is 9.97 Å². The number of nitrogens with one attached hydrogen (secondary N) is 1. The van der Waals surface area contributed by atoms with Crippen molar-refractivity contribution in [2.45, 2.75) is 6.92 Å². The number of nitro groups is 1. The minimum atomic E-state index is -0.413. The molecule has 0 radical (unpaired) electrons. The van der Waals surface area contributed by atoms with Crippen LogP contribution in [0.1, 0.15) is 5.56 Å². The Morgan fingerprint density at radius 2 is 1.69 bits per heavy atom. The second-order valence-corrected chi connectivity index (χ2v) is 6.63. The van der Waals surface area contributed by atoms with Gasteiger partial charge in [0.25, 0.3) is 5.69 Å². The van der Waals surface area contributed by atoms with Gasteiger partial charge in [-0.25, -0.2) is 4.98 Å². The fourth-order valence-corrected chi connectivity index (χ4v) is 3.34. The van der Waals surface area contributed by atoms with Gasteiger partial charge in [0.2, 0.25) is 0 Å². The second kappa shape index (κ2) is 7.59. The average Bonchev–Trinajstić information content (AvgIpc) is 3.19. The van der Waals surface area contributed by atoms with E-state index in [9.17, 15) is 10.1 Å². The molecule has 1 aromatic heterocycles. The van der Waals surface area contributed by atoms with Crippen LogP contribution >= 0.6 is 0 Å². The van der Waals surface area contributed by atoms with Crippen LogP contribution in [0.3, 0.4) is 0 Å². The monoisotopic (exact) mass is 385 g/mol. The summed E-state index contributed by atoms with van der Waals surface area (Å²) in [4.78, 5) is 19.2. The summed E-state index contributed by atoms with van der Waals surface area (Å²) in [5.74, 6) is 1.23. The molecule has 6 heteroatoms. The first-order valence-electron chi connectivity index (χ1n) is 9.12. The van der Waals surface area contributed by atoms with E-state index in [1.807, 2.05) is 61.5 Å². The number of nitro benzene ring substituents is 1. The number of hydrogen-bond donors (Lipinski definition) is 1. The third-order valence-corrected chi connectivity index (χ3v) is 4.81. The van der Waals surface area contributed by atoms with Crippen LogP contribution in [0.25, 0.3) is 33.9 Å².